The zero-order valence-electron chi connectivity index (χ0n) is 15.3. The SMILES string of the molecule is CNc1nc(I)nc2c1ncn2CC(CP(=O)(O)O)CP(=O)(O)O.N.N.N.N. The van der Waals surface area contributed by atoms with Gasteiger partial charge in [-0.2, -0.15) is 0 Å². The fraction of sp³-hybridized carbons (Fsp3) is 0.500. The molecule has 166 valence electrons. The highest BCUT2D eigenvalue weighted by Gasteiger charge is 2.29. The van der Waals surface area contributed by atoms with E-state index < -0.39 is 33.4 Å². The van der Waals surface area contributed by atoms with Gasteiger partial charge < -0.3 is 54.1 Å². The molecule has 28 heavy (non-hydrogen) atoms. The van der Waals surface area contributed by atoms with Gasteiger partial charge in [-0.05, 0) is 5.92 Å². The third-order valence-electron chi connectivity index (χ3n) is 3.12. The van der Waals surface area contributed by atoms with Gasteiger partial charge in [0.15, 0.2) is 15.3 Å². The highest BCUT2D eigenvalue weighted by atomic mass is 127. The summed E-state index contributed by atoms with van der Waals surface area (Å²) < 4.78 is 24.5. The number of anilines is 1. The standard InChI is InChI=1S/C10H16IN5O6P2.4H3N/c1-12-8-7-9(15-10(11)14-8)16(5-13-7)2-6(3-23(17,18)19)4-24(20,21)22;;;;/h5-6H,2-4H2,1H3,(H,12,14,15)(H2,17,18,19)(H2,20,21,22);4*1H3. The molecule has 2 heterocycles. The molecule has 0 spiro atoms. The van der Waals surface area contributed by atoms with Gasteiger partial charge in [0, 0.05) is 36.2 Å². The van der Waals surface area contributed by atoms with Crippen LogP contribution in [0.4, 0.5) is 5.82 Å². The molecule has 0 atom stereocenters. The van der Waals surface area contributed by atoms with Crippen molar-refractivity contribution in [1.29, 1.82) is 0 Å². The molecular weight excluding hydrogens is 531 g/mol. The maximum absolute atomic E-state index is 11.3. The number of halogens is 1. The van der Waals surface area contributed by atoms with Crippen LogP contribution in [0.5, 0.6) is 0 Å². The average Bonchev–Trinajstić information content (AvgIpc) is 2.77. The molecule has 15 nitrogen and oxygen atoms in total. The van der Waals surface area contributed by atoms with Crippen LogP contribution in [0.25, 0.3) is 11.2 Å². The quantitative estimate of drug-likeness (QED) is 0.130. The Balaban J connectivity index is -0.00000156. The minimum absolute atomic E-state index is 0. The van der Waals surface area contributed by atoms with Gasteiger partial charge in [0.05, 0.1) is 18.7 Å². The topological polar surface area (TPSA) is 311 Å². The molecule has 2 aromatic heterocycles. The number of hydrogen-bond acceptors (Lipinski definition) is 10. The molecule has 17 N–H and O–H groups in total. The lowest BCUT2D eigenvalue weighted by molar-refractivity contribution is 0.343. The Morgan fingerprint density at radius 2 is 1.57 bits per heavy atom. The van der Waals surface area contributed by atoms with Crippen LogP contribution in [0.2, 0.25) is 0 Å². The highest BCUT2D eigenvalue weighted by Crippen LogP contribution is 2.44. The first-order valence-corrected chi connectivity index (χ1v) is 11.3. The molecule has 2 rings (SSSR count). The van der Waals surface area contributed by atoms with Crippen molar-refractivity contribution >= 4 is 54.8 Å². The first kappa shape index (κ1) is 31.9. The Labute approximate surface area is 174 Å². The number of imidazole rings is 1. The summed E-state index contributed by atoms with van der Waals surface area (Å²) in [6.07, 6.45) is 0.125. The highest BCUT2D eigenvalue weighted by molar-refractivity contribution is 14.1. The third-order valence-corrected chi connectivity index (χ3v) is 5.59. The Hall–Kier alpha value is -0.780. The van der Waals surface area contributed by atoms with E-state index in [-0.39, 0.29) is 31.1 Å². The van der Waals surface area contributed by atoms with Gasteiger partial charge in [-0.1, -0.05) is 0 Å². The molecule has 0 saturated carbocycles. The summed E-state index contributed by atoms with van der Waals surface area (Å²) in [6, 6.07) is 0. The first-order chi connectivity index (χ1) is 11.0. The predicted molar refractivity (Wildman–Crippen MR) is 115 cm³/mol. The zero-order chi connectivity index (χ0) is 18.1. The third kappa shape index (κ3) is 9.15. The molecule has 0 amide bonds. The fourth-order valence-electron chi connectivity index (χ4n) is 2.35. The van der Waals surface area contributed by atoms with Crippen molar-refractivity contribution in [2.24, 2.45) is 5.92 Å². The Morgan fingerprint density at radius 3 is 2.00 bits per heavy atom. The van der Waals surface area contributed by atoms with Crippen molar-refractivity contribution in [3.63, 3.8) is 0 Å². The van der Waals surface area contributed by atoms with Crippen molar-refractivity contribution in [2.75, 3.05) is 24.7 Å². The summed E-state index contributed by atoms with van der Waals surface area (Å²) in [5.41, 5.74) is 0.879. The normalized spacial score (nSPS) is 11.1. The van der Waals surface area contributed by atoms with Crippen molar-refractivity contribution in [1.82, 2.24) is 44.1 Å². The van der Waals surface area contributed by atoms with E-state index in [0.29, 0.717) is 20.8 Å². The molecule has 0 aliphatic rings. The first-order valence-electron chi connectivity index (χ1n) is 6.64. The molecule has 18 heteroatoms. The summed E-state index contributed by atoms with van der Waals surface area (Å²) in [6.45, 7) is -0.0387. The zero-order valence-corrected chi connectivity index (χ0v) is 19.2. The van der Waals surface area contributed by atoms with Crippen LogP contribution in [-0.2, 0) is 15.7 Å². The predicted octanol–water partition coefficient (Wildman–Crippen LogP) is 1.09. The molecule has 0 fully saturated rings. The van der Waals surface area contributed by atoms with Crippen molar-refractivity contribution in [3.8, 4) is 0 Å². The minimum Gasteiger partial charge on any atom is -0.371 e. The van der Waals surface area contributed by atoms with Gasteiger partial charge in [0.1, 0.15) is 5.52 Å². The molecule has 0 saturated heterocycles. The largest absolute Gasteiger partial charge is 0.371 e. The number of hydrogen-bond donors (Lipinski definition) is 9. The van der Waals surface area contributed by atoms with Crippen LogP contribution in [0, 0.1) is 9.75 Å². The Morgan fingerprint density at radius 1 is 1.07 bits per heavy atom. The van der Waals surface area contributed by atoms with E-state index >= 15 is 0 Å². The number of aromatic nitrogens is 4. The van der Waals surface area contributed by atoms with E-state index in [2.05, 4.69) is 20.3 Å². The summed E-state index contributed by atoms with van der Waals surface area (Å²) in [4.78, 5) is 49.2. The van der Waals surface area contributed by atoms with Gasteiger partial charge in [-0.15, -0.1) is 0 Å². The lowest BCUT2D eigenvalue weighted by Crippen LogP contribution is -2.19. The number of rotatable bonds is 7. The van der Waals surface area contributed by atoms with Gasteiger partial charge in [-0.3, -0.25) is 9.13 Å². The van der Waals surface area contributed by atoms with E-state index in [4.69, 9.17) is 19.6 Å². The van der Waals surface area contributed by atoms with Crippen LogP contribution >= 0.6 is 37.8 Å². The van der Waals surface area contributed by atoms with E-state index in [1.54, 1.807) is 7.05 Å². The van der Waals surface area contributed by atoms with Crippen LogP contribution in [0.3, 0.4) is 0 Å². The second kappa shape index (κ2) is 12.0. The van der Waals surface area contributed by atoms with Crippen LogP contribution in [0.1, 0.15) is 0 Å². The molecule has 0 aliphatic heterocycles. The summed E-state index contributed by atoms with van der Waals surface area (Å²) in [5, 5.41) is 2.87. The van der Waals surface area contributed by atoms with E-state index in [1.165, 1.54) is 10.9 Å². The van der Waals surface area contributed by atoms with Crippen LogP contribution in [-0.4, -0.2) is 58.5 Å². The lowest BCUT2D eigenvalue weighted by Gasteiger charge is -2.19. The maximum atomic E-state index is 11.3. The fourth-order valence-corrected chi connectivity index (χ4v) is 4.86. The van der Waals surface area contributed by atoms with Gasteiger partial charge in [0.25, 0.3) is 0 Å². The summed E-state index contributed by atoms with van der Waals surface area (Å²) in [7, 11) is -7.20. The molecule has 2 aromatic rings. The van der Waals surface area contributed by atoms with Gasteiger partial charge in [-0.25, -0.2) is 15.0 Å². The molecule has 0 aromatic carbocycles. The van der Waals surface area contributed by atoms with E-state index in [1.807, 2.05) is 22.6 Å². The molecular formula is C10H28IN9O6P2. The average molecular weight is 559 g/mol. The Bertz CT molecular complexity index is 816. The molecule has 0 aliphatic carbocycles. The number of fused-ring (bicyclic) bond motifs is 1. The Kier molecular flexibility index (Phi) is 13.7. The van der Waals surface area contributed by atoms with Crippen molar-refractivity contribution in [2.45, 2.75) is 6.54 Å². The summed E-state index contributed by atoms with van der Waals surface area (Å²) in [5.74, 6) is -0.445. The monoisotopic (exact) mass is 559 g/mol. The van der Waals surface area contributed by atoms with Crippen molar-refractivity contribution < 1.29 is 28.7 Å². The smallest absolute Gasteiger partial charge is 0.325 e. The van der Waals surface area contributed by atoms with Gasteiger partial charge in [0.2, 0.25) is 0 Å². The van der Waals surface area contributed by atoms with Gasteiger partial charge >= 0.3 is 15.2 Å². The minimum atomic E-state index is -4.44. The second-order valence-corrected chi connectivity index (χ2v) is 9.57. The molecule has 0 radical (unpaired) electrons. The van der Waals surface area contributed by atoms with Crippen LogP contribution < -0.4 is 29.9 Å². The second-order valence-electron chi connectivity index (χ2n) is 5.22. The summed E-state index contributed by atoms with van der Waals surface area (Å²) >= 11 is 1.92. The molecule has 0 bridgehead atoms. The van der Waals surface area contributed by atoms with Crippen molar-refractivity contribution in [3.05, 3.63) is 10.2 Å². The van der Waals surface area contributed by atoms with E-state index in [9.17, 15) is 9.13 Å². The maximum Gasteiger partial charge on any atom is 0.325 e. The van der Waals surface area contributed by atoms with Crippen LogP contribution in [0.15, 0.2) is 6.33 Å². The number of nitrogens with zero attached hydrogens (tertiary/aromatic N) is 4. The van der Waals surface area contributed by atoms with E-state index in [0.717, 1.165) is 0 Å². The molecule has 0 unspecified atom stereocenters. The lowest BCUT2D eigenvalue weighted by atomic mass is 10.2. The number of nitrogens with one attached hydrogen (secondary N) is 1.